The number of nitrogens with one attached hydrogen (secondary N) is 1. The number of hydrogen-bond acceptors (Lipinski definition) is 6. The number of ketones is 1. The molecule has 3 rings (SSSR count). The second kappa shape index (κ2) is 9.08. The highest BCUT2D eigenvalue weighted by Gasteiger charge is 2.33. The number of carbonyl (C=O) groups excluding carboxylic acids is 3. The third-order valence-corrected chi connectivity index (χ3v) is 4.90. The molecule has 2 aliphatic heterocycles. The molecule has 0 spiro atoms. The Kier molecular flexibility index (Phi) is 6.53. The van der Waals surface area contributed by atoms with Gasteiger partial charge in [-0.2, -0.15) is 0 Å². The molecular formula is C19H25FN4O5. The molecule has 0 aliphatic carbocycles. The monoisotopic (exact) mass is 408 g/mol. The fraction of sp³-hybridized carbons (Fsp3) is 0.526. The fourth-order valence-electron chi connectivity index (χ4n) is 3.34. The molecule has 158 valence electrons. The number of rotatable bonds is 5. The van der Waals surface area contributed by atoms with Crippen LogP contribution in [-0.2, 0) is 14.4 Å². The number of Topliss-reactive ketones (excluding diaryl/α,β-unsaturated/α-hetero) is 1. The maximum Gasteiger partial charge on any atom is 0.414 e. The number of urea groups is 1. The fourth-order valence-corrected chi connectivity index (χ4v) is 3.34. The maximum atomic E-state index is 14.8. The number of benzene rings is 1. The lowest BCUT2D eigenvalue weighted by Crippen LogP contribution is -2.39. The van der Waals surface area contributed by atoms with Gasteiger partial charge in [0.05, 0.1) is 31.1 Å². The van der Waals surface area contributed by atoms with Gasteiger partial charge in [0.1, 0.15) is 17.7 Å². The van der Waals surface area contributed by atoms with Crippen LogP contribution in [0.25, 0.3) is 0 Å². The van der Waals surface area contributed by atoms with Gasteiger partial charge >= 0.3 is 12.1 Å². The molecular weight excluding hydrogens is 383 g/mol. The van der Waals surface area contributed by atoms with E-state index in [9.17, 15) is 18.8 Å². The van der Waals surface area contributed by atoms with Crippen LogP contribution in [0.15, 0.2) is 18.2 Å². The summed E-state index contributed by atoms with van der Waals surface area (Å²) in [5, 5.41) is 3.71. The number of ether oxygens (including phenoxy) is 1. The Hall–Kier alpha value is -2.88. The van der Waals surface area contributed by atoms with Crippen molar-refractivity contribution in [2.75, 3.05) is 49.6 Å². The van der Waals surface area contributed by atoms with Crippen LogP contribution in [0.3, 0.4) is 0 Å². The van der Waals surface area contributed by atoms with E-state index < -0.39 is 11.9 Å². The number of amides is 3. The van der Waals surface area contributed by atoms with Gasteiger partial charge in [-0.25, -0.2) is 19.0 Å². The van der Waals surface area contributed by atoms with Gasteiger partial charge < -0.3 is 19.7 Å². The third-order valence-electron chi connectivity index (χ3n) is 4.90. The average molecular weight is 408 g/mol. The molecule has 1 aromatic carbocycles. The molecule has 9 nitrogen and oxygen atoms in total. The normalized spacial score (nSPS) is 19.8. The predicted molar refractivity (Wildman–Crippen MR) is 103 cm³/mol. The van der Waals surface area contributed by atoms with Crippen LogP contribution < -0.4 is 15.1 Å². The summed E-state index contributed by atoms with van der Waals surface area (Å²) >= 11 is 0. The number of carbonyl (C=O) groups is 3. The molecule has 29 heavy (non-hydrogen) atoms. The van der Waals surface area contributed by atoms with Gasteiger partial charge in [0.15, 0.2) is 0 Å². The summed E-state index contributed by atoms with van der Waals surface area (Å²) in [6, 6.07) is 4.22. The van der Waals surface area contributed by atoms with Crippen LogP contribution in [0, 0.1) is 5.82 Å². The molecule has 0 aromatic heterocycles. The number of nitrogens with zero attached hydrogens (tertiary/aromatic N) is 3. The third kappa shape index (κ3) is 4.94. The summed E-state index contributed by atoms with van der Waals surface area (Å²) in [6.45, 7) is 3.13. The molecule has 0 unspecified atom stereocenters. The Labute approximate surface area is 168 Å². The van der Waals surface area contributed by atoms with Crippen LogP contribution in [0.5, 0.6) is 0 Å². The van der Waals surface area contributed by atoms with E-state index in [1.54, 1.807) is 17.0 Å². The molecule has 0 saturated carbocycles. The van der Waals surface area contributed by atoms with Gasteiger partial charge in [0.25, 0.3) is 0 Å². The van der Waals surface area contributed by atoms with E-state index in [0.29, 0.717) is 37.3 Å². The quantitative estimate of drug-likeness (QED) is 0.800. The second-order valence-corrected chi connectivity index (χ2v) is 6.97. The molecule has 0 bridgehead atoms. The van der Waals surface area contributed by atoms with Gasteiger partial charge in [0.2, 0.25) is 0 Å². The molecule has 2 heterocycles. The first-order chi connectivity index (χ1) is 13.9. The Bertz CT molecular complexity index is 790. The van der Waals surface area contributed by atoms with Gasteiger partial charge in [-0.05, 0) is 31.5 Å². The molecule has 1 N–H and O–H groups in total. The highest BCUT2D eigenvalue weighted by atomic mass is 19.1. The summed E-state index contributed by atoms with van der Waals surface area (Å²) < 4.78 is 20.1. The Morgan fingerprint density at radius 2 is 2.07 bits per heavy atom. The van der Waals surface area contributed by atoms with Gasteiger partial charge in [0, 0.05) is 26.6 Å². The summed E-state index contributed by atoms with van der Waals surface area (Å²) in [4.78, 5) is 43.5. The first-order valence-corrected chi connectivity index (χ1v) is 9.53. The minimum absolute atomic E-state index is 0.0336. The zero-order chi connectivity index (χ0) is 21.0. The Balaban J connectivity index is 1.66. The minimum Gasteiger partial charge on any atom is -0.444 e. The summed E-state index contributed by atoms with van der Waals surface area (Å²) in [5.74, 6) is -0.442. The van der Waals surface area contributed by atoms with E-state index in [-0.39, 0.29) is 37.6 Å². The zero-order valence-electron chi connectivity index (χ0n) is 16.5. The molecule has 2 saturated heterocycles. The summed E-state index contributed by atoms with van der Waals surface area (Å²) in [7, 11) is 1.51. The van der Waals surface area contributed by atoms with Crippen molar-refractivity contribution < 1.29 is 28.3 Å². The van der Waals surface area contributed by atoms with Crippen LogP contribution in [0.1, 0.15) is 19.8 Å². The smallest absolute Gasteiger partial charge is 0.414 e. The van der Waals surface area contributed by atoms with E-state index in [4.69, 9.17) is 9.57 Å². The summed E-state index contributed by atoms with van der Waals surface area (Å²) in [5.41, 5.74) is 0.774. The molecule has 2 aliphatic rings. The molecule has 3 amide bonds. The van der Waals surface area contributed by atoms with Crippen LogP contribution in [-0.4, -0.2) is 68.9 Å². The lowest BCUT2D eigenvalue weighted by molar-refractivity contribution is -0.117. The van der Waals surface area contributed by atoms with Crippen molar-refractivity contribution >= 4 is 29.3 Å². The molecule has 1 atom stereocenters. The number of halogens is 1. The minimum atomic E-state index is -0.546. The van der Waals surface area contributed by atoms with Gasteiger partial charge in [-0.3, -0.25) is 9.74 Å². The number of hydroxylamine groups is 2. The van der Waals surface area contributed by atoms with E-state index in [0.717, 1.165) is 0 Å². The molecule has 1 aromatic rings. The Morgan fingerprint density at radius 3 is 2.76 bits per heavy atom. The van der Waals surface area contributed by atoms with Crippen molar-refractivity contribution in [2.45, 2.75) is 25.9 Å². The van der Waals surface area contributed by atoms with Gasteiger partial charge in [-0.1, -0.05) is 0 Å². The van der Waals surface area contributed by atoms with Crippen molar-refractivity contribution in [3.05, 3.63) is 24.0 Å². The highest BCUT2D eigenvalue weighted by Crippen LogP contribution is 2.29. The first kappa shape index (κ1) is 20.8. The van der Waals surface area contributed by atoms with Crippen molar-refractivity contribution in [1.82, 2.24) is 10.4 Å². The lowest BCUT2D eigenvalue weighted by Gasteiger charge is -2.23. The molecule has 10 heteroatoms. The predicted octanol–water partition coefficient (Wildman–Crippen LogP) is 1.91. The van der Waals surface area contributed by atoms with Crippen LogP contribution in [0.2, 0.25) is 0 Å². The van der Waals surface area contributed by atoms with Crippen molar-refractivity contribution in [1.29, 1.82) is 0 Å². The lowest BCUT2D eigenvalue weighted by atomic mass is 10.1. The number of hydrogen-bond donors (Lipinski definition) is 1. The summed E-state index contributed by atoms with van der Waals surface area (Å²) in [6.07, 6.45) is -0.139. The zero-order valence-corrected chi connectivity index (χ0v) is 16.5. The van der Waals surface area contributed by atoms with Gasteiger partial charge in [-0.15, -0.1) is 0 Å². The highest BCUT2D eigenvalue weighted by molar-refractivity contribution is 5.90. The van der Waals surface area contributed by atoms with Crippen molar-refractivity contribution in [2.24, 2.45) is 0 Å². The number of anilines is 2. The first-order valence-electron chi connectivity index (χ1n) is 9.53. The maximum absolute atomic E-state index is 14.8. The van der Waals surface area contributed by atoms with E-state index in [1.165, 1.54) is 30.0 Å². The Morgan fingerprint density at radius 1 is 1.28 bits per heavy atom. The van der Waals surface area contributed by atoms with E-state index in [2.05, 4.69) is 5.32 Å². The topological polar surface area (TPSA) is 91.4 Å². The molecule has 2 fully saturated rings. The van der Waals surface area contributed by atoms with Crippen LogP contribution >= 0.6 is 0 Å². The largest absolute Gasteiger partial charge is 0.444 e. The van der Waals surface area contributed by atoms with E-state index >= 15 is 0 Å². The molecule has 0 radical (unpaired) electrons. The van der Waals surface area contributed by atoms with Crippen molar-refractivity contribution in [3.63, 3.8) is 0 Å². The second-order valence-electron chi connectivity index (χ2n) is 6.97. The standard InChI is InChI=1S/C19H25FN4O5/c1-13(25)3-5-15-12-23(19(27)29-15)14-4-6-17(16(20)11-14)22-7-8-24(18(26)21-2)28-10-9-22/h4,6,11,15H,3,5,7-10,12H2,1-2H3,(H,21,26)/t15-/m0/s1. The average Bonchev–Trinajstić information content (AvgIpc) is 2.90. The van der Waals surface area contributed by atoms with Crippen molar-refractivity contribution in [3.8, 4) is 0 Å². The van der Waals surface area contributed by atoms with Crippen LogP contribution in [0.4, 0.5) is 25.4 Å². The SMILES string of the molecule is CNC(=O)N1CCN(c2ccc(N3C[C@H](CCC(C)=O)OC3=O)cc2F)CCO1. The van der Waals surface area contributed by atoms with E-state index in [1.807, 2.05) is 0 Å². The number of cyclic esters (lactones) is 1.